The van der Waals surface area contributed by atoms with Gasteiger partial charge in [-0.1, -0.05) is 57.2 Å². The van der Waals surface area contributed by atoms with Crippen molar-refractivity contribution in [3.63, 3.8) is 0 Å². The number of hydrogen-bond acceptors (Lipinski definition) is 2. The molecule has 1 rings (SSSR count). The van der Waals surface area contributed by atoms with Gasteiger partial charge in [-0.2, -0.15) is 0 Å². The minimum absolute atomic E-state index is 0.250. The summed E-state index contributed by atoms with van der Waals surface area (Å²) in [4.78, 5) is 2.38. The third-order valence-electron chi connectivity index (χ3n) is 2.01. The van der Waals surface area contributed by atoms with E-state index in [1.54, 1.807) is 6.92 Å². The van der Waals surface area contributed by atoms with Gasteiger partial charge in [-0.25, -0.2) is 0 Å². The summed E-state index contributed by atoms with van der Waals surface area (Å²) in [5.41, 5.74) is 0. The normalized spacial score (nSPS) is 8.62. The van der Waals surface area contributed by atoms with Crippen LogP contribution in [0.3, 0.4) is 0 Å². The van der Waals surface area contributed by atoms with E-state index in [2.05, 4.69) is 25.7 Å². The smallest absolute Gasteiger partial charge is 0.0402 e. The second kappa shape index (κ2) is 16.6. The zero-order chi connectivity index (χ0) is 12.6. The first-order valence-corrected chi connectivity index (χ1v) is 6.09. The van der Waals surface area contributed by atoms with E-state index in [1.165, 1.54) is 19.6 Å². The van der Waals surface area contributed by atoms with Crippen LogP contribution in [-0.2, 0) is 0 Å². The molecule has 0 fully saturated rings. The highest BCUT2D eigenvalue weighted by atomic mass is 16.2. The predicted molar refractivity (Wildman–Crippen MR) is 72.7 cm³/mol. The SMILES string of the molecule is CCN(CC)CC.CCO.c1ccccc1. The van der Waals surface area contributed by atoms with Gasteiger partial charge in [0, 0.05) is 6.61 Å². The molecule has 1 aromatic rings. The van der Waals surface area contributed by atoms with Crippen molar-refractivity contribution in [3.05, 3.63) is 36.4 Å². The summed E-state index contributed by atoms with van der Waals surface area (Å²) in [5, 5.41) is 7.57. The molecular weight excluding hydrogens is 198 g/mol. The summed E-state index contributed by atoms with van der Waals surface area (Å²) >= 11 is 0. The maximum absolute atomic E-state index is 7.57. The standard InChI is InChI=1S/C6H15N.C6H6.C2H6O/c1-4-7(5-2)6-3;1-2-4-6-5-3-1;1-2-3/h4-6H2,1-3H3;1-6H;3H,2H2,1H3. The first-order chi connectivity index (χ1) is 7.76. The van der Waals surface area contributed by atoms with Gasteiger partial charge in [-0.05, 0) is 26.6 Å². The van der Waals surface area contributed by atoms with Gasteiger partial charge in [0.25, 0.3) is 0 Å². The zero-order valence-electron chi connectivity index (χ0n) is 11.2. The van der Waals surface area contributed by atoms with Crippen LogP contribution in [0.5, 0.6) is 0 Å². The van der Waals surface area contributed by atoms with Crippen LogP contribution in [0.2, 0.25) is 0 Å². The molecule has 0 amide bonds. The van der Waals surface area contributed by atoms with Gasteiger partial charge >= 0.3 is 0 Å². The van der Waals surface area contributed by atoms with Crippen LogP contribution >= 0.6 is 0 Å². The molecule has 1 aromatic carbocycles. The Hall–Kier alpha value is -0.860. The molecule has 0 radical (unpaired) electrons. The van der Waals surface area contributed by atoms with Crippen molar-refractivity contribution in [2.75, 3.05) is 26.2 Å². The van der Waals surface area contributed by atoms with Gasteiger partial charge in [0.1, 0.15) is 0 Å². The molecule has 0 heterocycles. The third-order valence-corrected chi connectivity index (χ3v) is 2.01. The van der Waals surface area contributed by atoms with Crippen LogP contribution in [0, 0.1) is 0 Å². The van der Waals surface area contributed by atoms with E-state index in [0.717, 1.165) is 0 Å². The van der Waals surface area contributed by atoms with Crippen LogP contribution in [0.4, 0.5) is 0 Å². The summed E-state index contributed by atoms with van der Waals surface area (Å²) in [5.74, 6) is 0. The highest BCUT2D eigenvalue weighted by molar-refractivity contribution is 4.99. The number of nitrogens with zero attached hydrogens (tertiary/aromatic N) is 1. The van der Waals surface area contributed by atoms with Crippen molar-refractivity contribution in [1.82, 2.24) is 4.90 Å². The molecule has 94 valence electrons. The monoisotopic (exact) mass is 225 g/mol. The average Bonchev–Trinajstić information content (AvgIpc) is 2.35. The van der Waals surface area contributed by atoms with Crippen LogP contribution in [0.15, 0.2) is 36.4 Å². The van der Waals surface area contributed by atoms with E-state index in [-0.39, 0.29) is 6.61 Å². The number of aliphatic hydroxyl groups excluding tert-OH is 1. The van der Waals surface area contributed by atoms with Gasteiger partial charge in [0.05, 0.1) is 0 Å². The van der Waals surface area contributed by atoms with E-state index in [0.29, 0.717) is 0 Å². The van der Waals surface area contributed by atoms with E-state index in [4.69, 9.17) is 5.11 Å². The summed E-state index contributed by atoms with van der Waals surface area (Å²) in [6.45, 7) is 12.1. The molecule has 0 aromatic heterocycles. The second-order valence-electron chi connectivity index (χ2n) is 3.09. The van der Waals surface area contributed by atoms with Crippen LogP contribution in [-0.4, -0.2) is 36.2 Å². The number of benzene rings is 1. The quantitative estimate of drug-likeness (QED) is 0.854. The largest absolute Gasteiger partial charge is 0.397 e. The Labute approximate surface area is 101 Å². The van der Waals surface area contributed by atoms with Crippen molar-refractivity contribution >= 4 is 0 Å². The van der Waals surface area contributed by atoms with Crippen LogP contribution in [0.1, 0.15) is 27.7 Å². The van der Waals surface area contributed by atoms with Gasteiger partial charge < -0.3 is 10.0 Å². The lowest BCUT2D eigenvalue weighted by Gasteiger charge is -2.13. The maximum Gasteiger partial charge on any atom is 0.0402 e. The number of aliphatic hydroxyl groups is 1. The fourth-order valence-corrected chi connectivity index (χ4v) is 1.06. The molecule has 16 heavy (non-hydrogen) atoms. The fourth-order valence-electron chi connectivity index (χ4n) is 1.06. The lowest BCUT2D eigenvalue weighted by molar-refractivity contribution is 0.318. The molecule has 0 aliphatic rings. The molecular formula is C14H27NO. The Bertz CT molecular complexity index is 153. The molecule has 0 atom stereocenters. The van der Waals surface area contributed by atoms with Crippen molar-refractivity contribution in [2.45, 2.75) is 27.7 Å². The Morgan fingerprint density at radius 2 is 0.875 bits per heavy atom. The molecule has 1 N–H and O–H groups in total. The van der Waals surface area contributed by atoms with Crippen molar-refractivity contribution in [1.29, 1.82) is 0 Å². The molecule has 0 aliphatic carbocycles. The Kier molecular flexibility index (Phi) is 18.2. The third kappa shape index (κ3) is 15.6. The summed E-state index contributed by atoms with van der Waals surface area (Å²) in [6, 6.07) is 12.0. The van der Waals surface area contributed by atoms with E-state index >= 15 is 0 Å². The highest BCUT2D eigenvalue weighted by Gasteiger charge is 1.89. The average molecular weight is 225 g/mol. The molecule has 0 unspecified atom stereocenters. The number of rotatable bonds is 3. The molecule has 2 heteroatoms. The summed E-state index contributed by atoms with van der Waals surface area (Å²) in [7, 11) is 0. The van der Waals surface area contributed by atoms with Crippen LogP contribution < -0.4 is 0 Å². The topological polar surface area (TPSA) is 23.5 Å². The Morgan fingerprint density at radius 3 is 0.938 bits per heavy atom. The zero-order valence-corrected chi connectivity index (χ0v) is 11.2. The molecule has 0 saturated heterocycles. The number of hydrogen-bond donors (Lipinski definition) is 1. The minimum atomic E-state index is 0.250. The lowest BCUT2D eigenvalue weighted by atomic mass is 10.4. The Morgan fingerprint density at radius 1 is 0.688 bits per heavy atom. The molecule has 0 bridgehead atoms. The van der Waals surface area contributed by atoms with Crippen molar-refractivity contribution in [3.8, 4) is 0 Å². The van der Waals surface area contributed by atoms with Gasteiger partial charge in [0.2, 0.25) is 0 Å². The summed E-state index contributed by atoms with van der Waals surface area (Å²) in [6.07, 6.45) is 0. The van der Waals surface area contributed by atoms with E-state index in [9.17, 15) is 0 Å². The first-order valence-electron chi connectivity index (χ1n) is 6.09. The Balaban J connectivity index is 0. The fraction of sp³-hybridized carbons (Fsp3) is 0.571. The molecule has 0 spiro atoms. The second-order valence-corrected chi connectivity index (χ2v) is 3.09. The lowest BCUT2D eigenvalue weighted by Crippen LogP contribution is -2.21. The predicted octanol–water partition coefficient (Wildman–Crippen LogP) is 3.03. The van der Waals surface area contributed by atoms with Gasteiger partial charge in [-0.3, -0.25) is 0 Å². The van der Waals surface area contributed by atoms with Crippen molar-refractivity contribution in [2.24, 2.45) is 0 Å². The molecule has 2 nitrogen and oxygen atoms in total. The minimum Gasteiger partial charge on any atom is -0.397 e. The highest BCUT2D eigenvalue weighted by Crippen LogP contribution is 1.81. The molecule has 0 saturated carbocycles. The van der Waals surface area contributed by atoms with E-state index < -0.39 is 0 Å². The maximum atomic E-state index is 7.57. The van der Waals surface area contributed by atoms with Gasteiger partial charge in [-0.15, -0.1) is 0 Å². The van der Waals surface area contributed by atoms with Gasteiger partial charge in [0.15, 0.2) is 0 Å². The first kappa shape index (κ1) is 17.5. The van der Waals surface area contributed by atoms with Crippen LogP contribution in [0.25, 0.3) is 0 Å². The van der Waals surface area contributed by atoms with Crippen molar-refractivity contribution < 1.29 is 5.11 Å². The van der Waals surface area contributed by atoms with E-state index in [1.807, 2.05) is 36.4 Å². The molecule has 0 aliphatic heterocycles. The summed E-state index contributed by atoms with van der Waals surface area (Å²) < 4.78 is 0.